The van der Waals surface area contributed by atoms with Gasteiger partial charge in [0.25, 0.3) is 12.0 Å². The summed E-state index contributed by atoms with van der Waals surface area (Å²) in [7, 11) is 0.894. The van der Waals surface area contributed by atoms with E-state index in [0.29, 0.717) is 0 Å². The third-order valence-corrected chi connectivity index (χ3v) is 2.31. The first-order chi connectivity index (χ1) is 8.68. The van der Waals surface area contributed by atoms with Crippen molar-refractivity contribution in [3.05, 3.63) is 33.2 Å². The second-order valence-electron chi connectivity index (χ2n) is 3.48. The first-order valence-corrected chi connectivity index (χ1v) is 4.85. The topological polar surface area (TPSA) is 59.2 Å². The zero-order valence-electron chi connectivity index (χ0n) is 9.48. The quantitative estimate of drug-likeness (QED) is 0.683. The highest BCUT2D eigenvalue weighted by atomic mass is 19.4. The lowest BCUT2D eigenvalue weighted by molar-refractivity contribution is -0.141. The van der Waals surface area contributed by atoms with Gasteiger partial charge in [0.05, 0.1) is 24.7 Å². The number of pyridine rings is 1. The van der Waals surface area contributed by atoms with Crippen molar-refractivity contribution < 1.29 is 31.5 Å². The predicted molar refractivity (Wildman–Crippen MR) is 52.7 cm³/mol. The van der Waals surface area contributed by atoms with Crippen molar-refractivity contribution in [2.24, 2.45) is 0 Å². The summed E-state index contributed by atoms with van der Waals surface area (Å²) in [5.41, 5.74) is -5.31. The molecule has 0 aliphatic rings. The fourth-order valence-electron chi connectivity index (χ4n) is 1.48. The minimum Gasteiger partial charge on any atom is -0.469 e. The number of carbonyl (C=O) groups excluding carboxylic acids is 1. The molecule has 0 bridgehead atoms. The van der Waals surface area contributed by atoms with Gasteiger partial charge >= 0.3 is 12.1 Å². The molecule has 0 aromatic carbocycles. The van der Waals surface area contributed by atoms with Gasteiger partial charge in [0.15, 0.2) is 0 Å². The molecule has 9 heteroatoms. The average molecular weight is 285 g/mol. The van der Waals surface area contributed by atoms with Gasteiger partial charge in [0.1, 0.15) is 0 Å². The van der Waals surface area contributed by atoms with E-state index < -0.39 is 47.2 Å². The maximum atomic E-state index is 12.7. The van der Waals surface area contributed by atoms with Crippen molar-refractivity contribution >= 4 is 5.97 Å². The molecule has 0 unspecified atom stereocenters. The smallest absolute Gasteiger partial charge is 0.418 e. The van der Waals surface area contributed by atoms with Crippen molar-refractivity contribution in [2.45, 2.75) is 19.0 Å². The molecule has 0 fully saturated rings. The molecule has 0 radical (unpaired) electrons. The van der Waals surface area contributed by atoms with Crippen LogP contribution in [0.5, 0.6) is 0 Å². The van der Waals surface area contributed by atoms with Crippen LogP contribution in [0.15, 0.2) is 11.0 Å². The standard InChI is InChI=1S/C10H8F5NO3/c1-19-6(17)2-4-5(10(13,14)15)3-16-9(18)7(4)8(11)12/h3,8H,2H2,1H3,(H,16,18). The number of carbonyl (C=O) groups is 1. The molecule has 1 aromatic rings. The van der Waals surface area contributed by atoms with Crippen molar-refractivity contribution in [3.8, 4) is 0 Å². The van der Waals surface area contributed by atoms with Crippen LogP contribution in [0.25, 0.3) is 0 Å². The molecule has 0 saturated heterocycles. The van der Waals surface area contributed by atoms with Gasteiger partial charge in [-0.2, -0.15) is 13.2 Å². The normalized spacial score (nSPS) is 11.7. The van der Waals surface area contributed by atoms with Crippen LogP contribution in [0.2, 0.25) is 0 Å². The van der Waals surface area contributed by atoms with Gasteiger partial charge < -0.3 is 9.72 Å². The van der Waals surface area contributed by atoms with Crippen molar-refractivity contribution in [1.29, 1.82) is 0 Å². The predicted octanol–water partition coefficient (Wildman–Crippen LogP) is 2.05. The third-order valence-electron chi connectivity index (χ3n) is 2.31. The average Bonchev–Trinajstić information content (AvgIpc) is 2.26. The summed E-state index contributed by atoms with van der Waals surface area (Å²) in [4.78, 5) is 23.8. The van der Waals surface area contributed by atoms with Crippen LogP contribution < -0.4 is 5.56 Å². The van der Waals surface area contributed by atoms with Crippen molar-refractivity contribution in [1.82, 2.24) is 4.98 Å². The Balaban J connectivity index is 3.54. The summed E-state index contributed by atoms with van der Waals surface area (Å²) >= 11 is 0. The highest BCUT2D eigenvalue weighted by molar-refractivity contribution is 5.73. The van der Waals surface area contributed by atoms with E-state index in [1.165, 1.54) is 0 Å². The monoisotopic (exact) mass is 285 g/mol. The number of H-pyrrole nitrogens is 1. The van der Waals surface area contributed by atoms with Gasteiger partial charge in [-0.3, -0.25) is 9.59 Å². The van der Waals surface area contributed by atoms with Gasteiger partial charge in [0, 0.05) is 6.20 Å². The maximum absolute atomic E-state index is 12.7. The summed E-state index contributed by atoms with van der Waals surface area (Å²) in [5.74, 6) is -1.15. The second kappa shape index (κ2) is 5.37. The molecule has 0 atom stereocenters. The minimum absolute atomic E-state index is 0.256. The largest absolute Gasteiger partial charge is 0.469 e. The van der Waals surface area contributed by atoms with E-state index >= 15 is 0 Å². The Morgan fingerprint density at radius 2 is 2.00 bits per heavy atom. The first-order valence-electron chi connectivity index (χ1n) is 4.85. The molecule has 0 amide bonds. The number of aromatic amines is 1. The van der Waals surface area contributed by atoms with Crippen LogP contribution in [0.3, 0.4) is 0 Å². The number of alkyl halides is 5. The summed E-state index contributed by atoms with van der Waals surface area (Å²) < 4.78 is 67.5. The number of aromatic nitrogens is 1. The molecule has 106 valence electrons. The van der Waals surface area contributed by atoms with Crippen LogP contribution in [0.1, 0.15) is 23.1 Å². The van der Waals surface area contributed by atoms with Gasteiger partial charge in [0.2, 0.25) is 0 Å². The van der Waals surface area contributed by atoms with Gasteiger partial charge in [-0.1, -0.05) is 0 Å². The van der Waals surface area contributed by atoms with Crippen molar-refractivity contribution in [3.63, 3.8) is 0 Å². The lowest BCUT2D eigenvalue weighted by atomic mass is 10.0. The Kier molecular flexibility index (Phi) is 4.28. The molecule has 0 spiro atoms. The maximum Gasteiger partial charge on any atom is 0.418 e. The van der Waals surface area contributed by atoms with Crippen molar-refractivity contribution in [2.75, 3.05) is 7.11 Å². The number of esters is 1. The number of ether oxygens (including phenoxy) is 1. The number of nitrogens with one attached hydrogen (secondary N) is 1. The Morgan fingerprint density at radius 1 is 1.42 bits per heavy atom. The second-order valence-corrected chi connectivity index (χ2v) is 3.48. The van der Waals surface area contributed by atoms with Crippen LogP contribution in [0, 0.1) is 0 Å². The molecule has 0 aliphatic carbocycles. The molecule has 1 heterocycles. The van der Waals surface area contributed by atoms with E-state index in [4.69, 9.17) is 0 Å². The summed E-state index contributed by atoms with van der Waals surface area (Å²) in [6.07, 6.45) is -9.22. The Bertz CT molecular complexity index is 535. The molecular weight excluding hydrogens is 277 g/mol. The van der Waals surface area contributed by atoms with Gasteiger partial charge in [-0.05, 0) is 5.56 Å². The van der Waals surface area contributed by atoms with E-state index in [0.717, 1.165) is 7.11 Å². The van der Waals surface area contributed by atoms with E-state index in [1.54, 1.807) is 4.98 Å². The molecule has 1 rings (SSSR count). The zero-order valence-corrected chi connectivity index (χ0v) is 9.48. The van der Waals surface area contributed by atoms with Gasteiger partial charge in [-0.15, -0.1) is 0 Å². The summed E-state index contributed by atoms with van der Waals surface area (Å²) in [6.45, 7) is 0. The number of rotatable bonds is 3. The molecule has 19 heavy (non-hydrogen) atoms. The Morgan fingerprint density at radius 3 is 2.42 bits per heavy atom. The molecule has 0 saturated carbocycles. The first kappa shape index (κ1) is 15.1. The van der Waals surface area contributed by atoms with Crippen LogP contribution >= 0.6 is 0 Å². The molecule has 0 aliphatic heterocycles. The summed E-state index contributed by atoms with van der Waals surface area (Å²) in [6, 6.07) is 0. The molecule has 4 nitrogen and oxygen atoms in total. The minimum atomic E-state index is -4.98. The van der Waals surface area contributed by atoms with E-state index in [-0.39, 0.29) is 6.20 Å². The SMILES string of the molecule is COC(=O)Cc1c(C(F)(F)F)c[nH]c(=O)c1C(F)F. The van der Waals surface area contributed by atoms with Crippen LogP contribution in [-0.4, -0.2) is 18.1 Å². The zero-order chi connectivity index (χ0) is 14.8. The van der Waals surface area contributed by atoms with E-state index in [1.807, 2.05) is 0 Å². The fraction of sp³-hybridized carbons (Fsp3) is 0.400. The van der Waals surface area contributed by atoms with Gasteiger partial charge in [-0.25, -0.2) is 8.78 Å². The number of hydrogen-bond donors (Lipinski definition) is 1. The Labute approximate surface area is 103 Å². The number of methoxy groups -OCH3 is 1. The van der Waals surface area contributed by atoms with Crippen LogP contribution in [-0.2, 0) is 22.1 Å². The number of halogens is 5. The molecule has 1 aromatic heterocycles. The highest BCUT2D eigenvalue weighted by Crippen LogP contribution is 2.34. The summed E-state index contributed by atoms with van der Waals surface area (Å²) in [5, 5.41) is 0. The van der Waals surface area contributed by atoms with E-state index in [2.05, 4.69) is 4.74 Å². The highest BCUT2D eigenvalue weighted by Gasteiger charge is 2.37. The van der Waals surface area contributed by atoms with Crippen LogP contribution in [0.4, 0.5) is 22.0 Å². The third kappa shape index (κ3) is 3.30. The molecular formula is C10H8F5NO3. The fourth-order valence-corrected chi connectivity index (χ4v) is 1.48. The molecule has 1 N–H and O–H groups in total. The Hall–Kier alpha value is -1.93. The van der Waals surface area contributed by atoms with E-state index in [9.17, 15) is 31.5 Å². The lowest BCUT2D eigenvalue weighted by Crippen LogP contribution is -2.24. The lowest BCUT2D eigenvalue weighted by Gasteiger charge is -2.15. The number of hydrogen-bond acceptors (Lipinski definition) is 3.